The van der Waals surface area contributed by atoms with Crippen LogP contribution in [0, 0.1) is 0 Å². The van der Waals surface area contributed by atoms with E-state index in [1.807, 2.05) is 22.9 Å². The zero-order valence-electron chi connectivity index (χ0n) is 8.49. The normalized spacial score (nSPS) is 24.6. The molecule has 6 heteroatoms. The molecular formula is C11H7NO3S2. The number of carboxylic acid groups (broad SMARTS) is 1. The Kier molecular flexibility index (Phi) is 2.34. The van der Waals surface area contributed by atoms with E-state index in [1.54, 1.807) is 11.3 Å². The minimum absolute atomic E-state index is 0.0764. The third kappa shape index (κ3) is 1.52. The van der Waals surface area contributed by atoms with Gasteiger partial charge in [0.25, 0.3) is 5.91 Å². The minimum atomic E-state index is -1.05. The maximum atomic E-state index is 11.8. The first kappa shape index (κ1) is 10.6. The lowest BCUT2D eigenvalue weighted by Gasteiger charge is -2.37. The van der Waals surface area contributed by atoms with E-state index in [0.717, 1.165) is 5.56 Å². The van der Waals surface area contributed by atoms with Crippen LogP contribution >= 0.6 is 23.1 Å². The molecule has 0 aliphatic carbocycles. The highest BCUT2D eigenvalue weighted by Crippen LogP contribution is 2.45. The van der Waals surface area contributed by atoms with Crippen molar-refractivity contribution in [2.75, 3.05) is 0 Å². The van der Waals surface area contributed by atoms with E-state index in [1.165, 1.54) is 22.1 Å². The molecule has 2 aliphatic rings. The fourth-order valence-electron chi connectivity index (χ4n) is 1.80. The summed E-state index contributed by atoms with van der Waals surface area (Å²) in [6.45, 7) is 0. The van der Waals surface area contributed by atoms with Crippen molar-refractivity contribution in [3.05, 3.63) is 39.1 Å². The maximum absolute atomic E-state index is 11.8. The highest BCUT2D eigenvalue weighted by atomic mass is 32.2. The van der Waals surface area contributed by atoms with Crippen LogP contribution in [0.4, 0.5) is 0 Å². The van der Waals surface area contributed by atoms with Crippen molar-refractivity contribution >= 4 is 41.1 Å². The van der Waals surface area contributed by atoms with Crippen LogP contribution in [-0.2, 0) is 9.59 Å². The Hall–Kier alpha value is -1.53. The van der Waals surface area contributed by atoms with Gasteiger partial charge in [-0.1, -0.05) is 0 Å². The van der Waals surface area contributed by atoms with Crippen LogP contribution in [0.1, 0.15) is 5.56 Å². The summed E-state index contributed by atoms with van der Waals surface area (Å²) in [6.07, 6.45) is 1.83. The summed E-state index contributed by atoms with van der Waals surface area (Å²) in [4.78, 5) is 24.0. The quantitative estimate of drug-likeness (QED) is 0.656. The van der Waals surface area contributed by atoms with Crippen molar-refractivity contribution in [2.45, 2.75) is 5.37 Å². The molecule has 1 N–H and O–H groups in total. The first-order valence-corrected chi connectivity index (χ1v) is 6.73. The molecule has 17 heavy (non-hydrogen) atoms. The molecule has 1 aromatic heterocycles. The summed E-state index contributed by atoms with van der Waals surface area (Å²) >= 11 is 2.92. The maximum Gasteiger partial charge on any atom is 0.353 e. The molecule has 1 amide bonds. The summed E-state index contributed by atoms with van der Waals surface area (Å²) in [5.74, 6) is -1.26. The molecule has 1 saturated heterocycles. The highest BCUT2D eigenvalue weighted by molar-refractivity contribution is 8.03. The van der Waals surface area contributed by atoms with Gasteiger partial charge in [0.15, 0.2) is 0 Å². The zero-order valence-corrected chi connectivity index (χ0v) is 10.1. The van der Waals surface area contributed by atoms with E-state index in [9.17, 15) is 9.59 Å². The third-order valence-corrected chi connectivity index (χ3v) is 4.40. The molecule has 0 aromatic carbocycles. The average Bonchev–Trinajstić information content (AvgIpc) is 2.93. The summed E-state index contributed by atoms with van der Waals surface area (Å²) in [6, 6.07) is 1.93. The van der Waals surface area contributed by atoms with Gasteiger partial charge in [-0.25, -0.2) is 4.79 Å². The van der Waals surface area contributed by atoms with Crippen LogP contribution in [0.15, 0.2) is 33.5 Å². The molecule has 3 heterocycles. The van der Waals surface area contributed by atoms with Crippen molar-refractivity contribution in [3.63, 3.8) is 0 Å². The standard InChI is InChI=1S/C11H7NO3S2/c13-9-7(3-6-1-2-16-4-6)10-12(9)8(5-17-10)11(14)15/h1-5,10H,(H,14,15)/b7-3+/t10-/m0/s1. The molecule has 0 radical (unpaired) electrons. The topological polar surface area (TPSA) is 57.6 Å². The highest BCUT2D eigenvalue weighted by Gasteiger charge is 2.49. The largest absolute Gasteiger partial charge is 0.477 e. The molecule has 0 spiro atoms. The number of thiophene rings is 1. The number of β-lactam (4-membered cyclic amide) rings is 1. The first-order valence-electron chi connectivity index (χ1n) is 4.85. The number of carboxylic acids is 1. The molecule has 1 atom stereocenters. The Labute approximate surface area is 105 Å². The third-order valence-electron chi connectivity index (χ3n) is 2.62. The van der Waals surface area contributed by atoms with Gasteiger partial charge < -0.3 is 5.11 Å². The molecule has 1 fully saturated rings. The fraction of sp³-hybridized carbons (Fsp3) is 0.0909. The summed E-state index contributed by atoms with van der Waals surface area (Å²) in [7, 11) is 0. The number of aliphatic carboxylic acids is 1. The lowest BCUT2D eigenvalue weighted by Crippen LogP contribution is -2.51. The van der Waals surface area contributed by atoms with Crippen LogP contribution in [0.5, 0.6) is 0 Å². The molecule has 2 aliphatic heterocycles. The number of carbonyl (C=O) groups excluding carboxylic acids is 1. The molecule has 4 nitrogen and oxygen atoms in total. The fourth-order valence-corrected chi connectivity index (χ4v) is 3.54. The summed E-state index contributed by atoms with van der Waals surface area (Å²) in [5, 5.41) is 14.2. The Morgan fingerprint density at radius 2 is 2.35 bits per heavy atom. The van der Waals surface area contributed by atoms with Crippen LogP contribution < -0.4 is 0 Å². The molecule has 0 bridgehead atoms. The van der Waals surface area contributed by atoms with Crippen molar-refractivity contribution in [1.29, 1.82) is 0 Å². The smallest absolute Gasteiger partial charge is 0.353 e. The van der Waals surface area contributed by atoms with Gasteiger partial charge >= 0.3 is 5.97 Å². The van der Waals surface area contributed by atoms with Gasteiger partial charge in [-0.2, -0.15) is 11.3 Å². The Morgan fingerprint density at radius 1 is 1.53 bits per heavy atom. The van der Waals surface area contributed by atoms with Crippen molar-refractivity contribution in [2.24, 2.45) is 0 Å². The van der Waals surface area contributed by atoms with Crippen molar-refractivity contribution in [3.8, 4) is 0 Å². The van der Waals surface area contributed by atoms with Gasteiger partial charge in [0.2, 0.25) is 0 Å². The van der Waals surface area contributed by atoms with E-state index in [-0.39, 0.29) is 17.0 Å². The molecule has 86 valence electrons. The van der Waals surface area contributed by atoms with Gasteiger partial charge in [0, 0.05) is 5.41 Å². The summed E-state index contributed by atoms with van der Waals surface area (Å²) in [5.41, 5.74) is 1.73. The lowest BCUT2D eigenvalue weighted by molar-refractivity contribution is -0.141. The predicted molar refractivity (Wildman–Crippen MR) is 66.2 cm³/mol. The van der Waals surface area contributed by atoms with Crippen LogP contribution in [0.2, 0.25) is 0 Å². The lowest BCUT2D eigenvalue weighted by atomic mass is 10.0. The summed E-state index contributed by atoms with van der Waals surface area (Å²) < 4.78 is 0. The van der Waals surface area contributed by atoms with Gasteiger partial charge in [0.05, 0.1) is 5.57 Å². The number of thioether (sulfide) groups is 1. The Balaban J connectivity index is 1.87. The van der Waals surface area contributed by atoms with E-state index in [4.69, 9.17) is 5.11 Å². The van der Waals surface area contributed by atoms with Gasteiger partial charge in [0.1, 0.15) is 11.1 Å². The van der Waals surface area contributed by atoms with Crippen LogP contribution in [0.25, 0.3) is 6.08 Å². The minimum Gasteiger partial charge on any atom is -0.477 e. The second kappa shape index (κ2) is 3.75. The number of rotatable bonds is 2. The average molecular weight is 265 g/mol. The van der Waals surface area contributed by atoms with Gasteiger partial charge in [-0.15, -0.1) is 11.8 Å². The Bertz CT molecular complexity index is 559. The van der Waals surface area contributed by atoms with E-state index >= 15 is 0 Å². The van der Waals surface area contributed by atoms with Crippen LogP contribution in [-0.4, -0.2) is 27.3 Å². The zero-order chi connectivity index (χ0) is 12.0. The number of hydrogen-bond acceptors (Lipinski definition) is 4. The number of hydrogen-bond donors (Lipinski definition) is 1. The van der Waals surface area contributed by atoms with Gasteiger partial charge in [-0.05, 0) is 28.5 Å². The Morgan fingerprint density at radius 3 is 3.00 bits per heavy atom. The SMILES string of the molecule is O=C(O)C1=CS[C@H]2/C(=C/c3ccsc3)C(=O)N12. The molecule has 0 saturated carbocycles. The first-order chi connectivity index (χ1) is 8.18. The second-order valence-corrected chi connectivity index (χ2v) is 5.36. The monoisotopic (exact) mass is 265 g/mol. The van der Waals surface area contributed by atoms with Crippen LogP contribution in [0.3, 0.4) is 0 Å². The van der Waals surface area contributed by atoms with E-state index in [2.05, 4.69) is 0 Å². The van der Waals surface area contributed by atoms with E-state index in [0.29, 0.717) is 5.57 Å². The van der Waals surface area contributed by atoms with Crippen molar-refractivity contribution in [1.82, 2.24) is 4.90 Å². The number of nitrogens with zero attached hydrogens (tertiary/aromatic N) is 1. The molecule has 0 unspecified atom stereocenters. The molecule has 3 rings (SSSR count). The molecule has 1 aromatic rings. The number of amides is 1. The number of carbonyl (C=O) groups is 2. The number of fused-ring (bicyclic) bond motifs is 1. The van der Waals surface area contributed by atoms with E-state index < -0.39 is 5.97 Å². The second-order valence-electron chi connectivity index (χ2n) is 3.63. The molecular weight excluding hydrogens is 258 g/mol. The van der Waals surface area contributed by atoms with Crippen molar-refractivity contribution < 1.29 is 14.7 Å². The van der Waals surface area contributed by atoms with Gasteiger partial charge in [-0.3, -0.25) is 9.69 Å². The predicted octanol–water partition coefficient (Wildman–Crippen LogP) is 1.97.